The quantitative estimate of drug-likeness (QED) is 0.536. The number of hydrogen-bond acceptors (Lipinski definition) is 4. The zero-order chi connectivity index (χ0) is 15.5. The number of nitro groups is 1. The van der Waals surface area contributed by atoms with Crippen molar-refractivity contribution >= 4 is 16.7 Å². The smallest absolute Gasteiger partial charge is 0.271 e. The molecule has 0 radical (unpaired) electrons. The number of nitro benzene ring substituents is 1. The zero-order valence-corrected chi connectivity index (χ0v) is 12.2. The number of imidazole rings is 1. The highest BCUT2D eigenvalue weighted by atomic mass is 16.6. The molecule has 0 aliphatic carbocycles. The van der Waals surface area contributed by atoms with Gasteiger partial charge in [-0.25, -0.2) is 4.98 Å². The predicted molar refractivity (Wildman–Crippen MR) is 84.3 cm³/mol. The van der Waals surface area contributed by atoms with E-state index < -0.39 is 0 Å². The van der Waals surface area contributed by atoms with Gasteiger partial charge in [-0.3, -0.25) is 15.0 Å². The lowest BCUT2D eigenvalue weighted by Crippen LogP contribution is -2.21. The molecule has 2 aromatic carbocycles. The van der Waals surface area contributed by atoms with E-state index in [-0.39, 0.29) is 10.6 Å². The topological polar surface area (TPSA) is 64.2 Å². The molecule has 6 heteroatoms. The summed E-state index contributed by atoms with van der Waals surface area (Å²) >= 11 is 0. The molecule has 0 saturated heterocycles. The van der Waals surface area contributed by atoms with Gasteiger partial charge in [0.15, 0.2) is 0 Å². The highest BCUT2D eigenvalue weighted by molar-refractivity contribution is 5.77. The van der Waals surface area contributed by atoms with E-state index in [1.807, 2.05) is 29.8 Å². The fourth-order valence-electron chi connectivity index (χ4n) is 2.48. The van der Waals surface area contributed by atoms with Crippen molar-refractivity contribution in [3.8, 4) is 0 Å². The van der Waals surface area contributed by atoms with Gasteiger partial charge in [-0.15, -0.1) is 0 Å². The number of nitrogens with zero attached hydrogens (tertiary/aromatic N) is 4. The molecule has 0 aliphatic heterocycles. The minimum absolute atomic E-state index is 0.0833. The first kappa shape index (κ1) is 14.2. The summed E-state index contributed by atoms with van der Waals surface area (Å²) in [5.41, 5.74) is 2.84. The van der Waals surface area contributed by atoms with Crippen LogP contribution in [0.25, 0.3) is 11.0 Å². The minimum atomic E-state index is -0.384. The number of rotatable bonds is 5. The summed E-state index contributed by atoms with van der Waals surface area (Å²) in [6.45, 7) is 1.42. The van der Waals surface area contributed by atoms with Crippen molar-refractivity contribution < 1.29 is 4.92 Å². The molecule has 0 amide bonds. The van der Waals surface area contributed by atoms with Crippen LogP contribution in [-0.2, 0) is 13.2 Å². The molecule has 1 aromatic heterocycles. The highest BCUT2D eigenvalue weighted by Gasteiger charge is 2.11. The van der Waals surface area contributed by atoms with Crippen molar-refractivity contribution in [3.63, 3.8) is 0 Å². The lowest BCUT2D eigenvalue weighted by Gasteiger charge is -2.17. The summed E-state index contributed by atoms with van der Waals surface area (Å²) in [6.07, 6.45) is 1.72. The average molecular weight is 296 g/mol. The maximum Gasteiger partial charge on any atom is 0.271 e. The monoisotopic (exact) mass is 296 g/mol. The first-order valence-corrected chi connectivity index (χ1v) is 6.95. The molecule has 0 spiro atoms. The molecule has 22 heavy (non-hydrogen) atoms. The van der Waals surface area contributed by atoms with Gasteiger partial charge in [0.1, 0.15) is 0 Å². The number of fused-ring (bicyclic) bond motifs is 1. The van der Waals surface area contributed by atoms with Crippen molar-refractivity contribution in [3.05, 3.63) is 70.5 Å². The maximum absolute atomic E-state index is 10.9. The zero-order valence-electron chi connectivity index (χ0n) is 12.2. The first-order valence-electron chi connectivity index (χ1n) is 6.95. The number of non-ortho nitro benzene ring substituents is 1. The highest BCUT2D eigenvalue weighted by Crippen LogP contribution is 2.20. The molecule has 3 aromatic rings. The van der Waals surface area contributed by atoms with Crippen LogP contribution in [0.1, 0.15) is 5.56 Å². The van der Waals surface area contributed by atoms with Gasteiger partial charge >= 0.3 is 0 Å². The van der Waals surface area contributed by atoms with E-state index >= 15 is 0 Å². The van der Waals surface area contributed by atoms with Gasteiger partial charge in [-0.1, -0.05) is 30.3 Å². The van der Waals surface area contributed by atoms with Gasteiger partial charge in [0.2, 0.25) is 0 Å². The van der Waals surface area contributed by atoms with Crippen molar-refractivity contribution in [2.45, 2.75) is 13.2 Å². The second-order valence-corrected chi connectivity index (χ2v) is 5.29. The Morgan fingerprint density at radius 2 is 2.00 bits per heavy atom. The van der Waals surface area contributed by atoms with Crippen LogP contribution in [0.4, 0.5) is 5.69 Å². The molecule has 0 fully saturated rings. The van der Waals surface area contributed by atoms with Crippen LogP contribution >= 0.6 is 0 Å². The van der Waals surface area contributed by atoms with Gasteiger partial charge in [0.25, 0.3) is 5.69 Å². The van der Waals surface area contributed by atoms with Crippen LogP contribution in [0.5, 0.6) is 0 Å². The van der Waals surface area contributed by atoms with E-state index in [0.717, 1.165) is 17.6 Å². The summed E-state index contributed by atoms with van der Waals surface area (Å²) in [4.78, 5) is 16.9. The second kappa shape index (κ2) is 5.95. The molecule has 6 nitrogen and oxygen atoms in total. The van der Waals surface area contributed by atoms with Crippen LogP contribution < -0.4 is 0 Å². The summed E-state index contributed by atoms with van der Waals surface area (Å²) in [5, 5.41) is 10.9. The number of aromatic nitrogens is 2. The molecular weight excluding hydrogens is 280 g/mol. The Morgan fingerprint density at radius 1 is 1.23 bits per heavy atom. The van der Waals surface area contributed by atoms with E-state index in [0.29, 0.717) is 6.67 Å². The van der Waals surface area contributed by atoms with Crippen LogP contribution in [0.3, 0.4) is 0 Å². The third kappa shape index (κ3) is 2.96. The third-order valence-corrected chi connectivity index (χ3v) is 3.50. The van der Waals surface area contributed by atoms with Crippen molar-refractivity contribution in [2.24, 2.45) is 0 Å². The first-order chi connectivity index (χ1) is 10.6. The van der Waals surface area contributed by atoms with Gasteiger partial charge in [0, 0.05) is 18.7 Å². The Bertz CT molecular complexity index is 798. The van der Waals surface area contributed by atoms with E-state index in [1.54, 1.807) is 18.5 Å². The van der Waals surface area contributed by atoms with E-state index in [2.05, 4.69) is 22.0 Å². The Balaban J connectivity index is 1.81. The van der Waals surface area contributed by atoms with Crippen LogP contribution in [0.2, 0.25) is 0 Å². The molecule has 3 rings (SSSR count). The normalized spacial score (nSPS) is 11.2. The lowest BCUT2D eigenvalue weighted by atomic mass is 10.2. The van der Waals surface area contributed by atoms with Crippen molar-refractivity contribution in [2.75, 3.05) is 7.05 Å². The van der Waals surface area contributed by atoms with Gasteiger partial charge in [-0.05, 0) is 18.7 Å². The SMILES string of the molecule is CN(Cc1ccccc1)Cn1cnc2ccc([N+](=O)[O-])cc21. The Hall–Kier alpha value is -2.73. The summed E-state index contributed by atoms with van der Waals surface area (Å²) < 4.78 is 1.92. The standard InChI is InChI=1S/C16H16N4O2/c1-18(10-13-5-3-2-4-6-13)12-19-11-17-15-8-7-14(20(21)22)9-16(15)19/h2-9,11H,10,12H2,1H3. The largest absolute Gasteiger partial charge is 0.317 e. The second-order valence-electron chi connectivity index (χ2n) is 5.29. The lowest BCUT2D eigenvalue weighted by molar-refractivity contribution is -0.384. The molecule has 112 valence electrons. The fourth-order valence-corrected chi connectivity index (χ4v) is 2.48. The Kier molecular flexibility index (Phi) is 3.84. The molecule has 0 atom stereocenters. The molecule has 0 aliphatic rings. The van der Waals surface area contributed by atoms with Crippen molar-refractivity contribution in [1.29, 1.82) is 0 Å². The van der Waals surface area contributed by atoms with Gasteiger partial charge in [-0.2, -0.15) is 0 Å². The molecule has 1 heterocycles. The van der Waals surface area contributed by atoms with Crippen LogP contribution in [0.15, 0.2) is 54.9 Å². The average Bonchev–Trinajstić information content (AvgIpc) is 2.90. The van der Waals surface area contributed by atoms with Gasteiger partial charge in [0.05, 0.1) is 29.0 Å². The number of hydrogen-bond donors (Lipinski definition) is 0. The predicted octanol–water partition coefficient (Wildman–Crippen LogP) is 3.03. The van der Waals surface area contributed by atoms with E-state index in [9.17, 15) is 10.1 Å². The summed E-state index contributed by atoms with van der Waals surface area (Å²) in [6, 6.07) is 14.9. The molecular formula is C16H16N4O2. The fraction of sp³-hybridized carbons (Fsp3) is 0.188. The van der Waals surface area contributed by atoms with E-state index in [1.165, 1.54) is 11.6 Å². The third-order valence-electron chi connectivity index (χ3n) is 3.50. The minimum Gasteiger partial charge on any atom is -0.317 e. The van der Waals surface area contributed by atoms with E-state index in [4.69, 9.17) is 0 Å². The molecule has 0 bridgehead atoms. The van der Waals surface area contributed by atoms with Crippen molar-refractivity contribution in [1.82, 2.24) is 14.5 Å². The Morgan fingerprint density at radius 3 is 2.73 bits per heavy atom. The molecule has 0 unspecified atom stereocenters. The van der Waals surface area contributed by atoms with Gasteiger partial charge < -0.3 is 4.57 Å². The van der Waals surface area contributed by atoms with Crippen LogP contribution in [0, 0.1) is 10.1 Å². The van der Waals surface area contributed by atoms with Crippen LogP contribution in [-0.4, -0.2) is 26.4 Å². The number of benzene rings is 2. The maximum atomic E-state index is 10.9. The summed E-state index contributed by atoms with van der Waals surface area (Å²) in [7, 11) is 2.01. The molecule has 0 saturated carbocycles. The summed E-state index contributed by atoms with van der Waals surface area (Å²) in [5.74, 6) is 0. The Labute approximate surface area is 127 Å². The molecule has 0 N–H and O–H groups in total.